The normalized spacial score (nSPS) is 8.00. The molecule has 12 heavy (non-hydrogen) atoms. The molecular formula is C3H4N2O7. The average Bonchev–Trinajstić information content (AvgIpc) is 1.96. The monoisotopic (exact) mass is 180 g/mol. The summed E-state index contributed by atoms with van der Waals surface area (Å²) in [5.74, 6) is 0. The number of hydroxylamine groups is 1. The van der Waals surface area contributed by atoms with E-state index < -0.39 is 18.3 Å². The molecule has 0 rings (SSSR count). The standard InChI is InChI=1S/C3H4N2O7/c4-1(6)5-10-3(9)12-11-2(7)8/h(H,7,8)(H3,4,5,6). The number of carbonyl (C=O) groups is 3. The molecule has 4 N–H and O–H groups in total. The first-order valence-corrected chi connectivity index (χ1v) is 2.36. The van der Waals surface area contributed by atoms with Crippen LogP contribution in [-0.4, -0.2) is 23.4 Å². The molecule has 9 heteroatoms. The van der Waals surface area contributed by atoms with Gasteiger partial charge in [-0.1, -0.05) is 0 Å². The van der Waals surface area contributed by atoms with Crippen molar-refractivity contribution in [2.45, 2.75) is 0 Å². The lowest BCUT2D eigenvalue weighted by molar-refractivity contribution is -0.216. The molecule has 0 bridgehead atoms. The Hall–Kier alpha value is -2.19. The summed E-state index contributed by atoms with van der Waals surface area (Å²) in [6.45, 7) is 0. The molecular weight excluding hydrogens is 176 g/mol. The highest BCUT2D eigenvalue weighted by Gasteiger charge is 2.09. The Balaban J connectivity index is 3.47. The van der Waals surface area contributed by atoms with Crippen LogP contribution in [0.25, 0.3) is 0 Å². The first-order valence-electron chi connectivity index (χ1n) is 2.36. The van der Waals surface area contributed by atoms with Crippen molar-refractivity contribution in [3.8, 4) is 0 Å². The molecule has 9 nitrogen and oxygen atoms in total. The van der Waals surface area contributed by atoms with E-state index in [1.807, 2.05) is 0 Å². The Kier molecular flexibility index (Phi) is 3.76. The molecule has 0 saturated heterocycles. The second kappa shape index (κ2) is 4.60. The van der Waals surface area contributed by atoms with Crippen molar-refractivity contribution in [2.24, 2.45) is 5.73 Å². The summed E-state index contributed by atoms with van der Waals surface area (Å²) in [5.41, 5.74) is 5.82. The van der Waals surface area contributed by atoms with Crippen LogP contribution in [-0.2, 0) is 14.6 Å². The molecule has 0 fully saturated rings. The van der Waals surface area contributed by atoms with Crippen LogP contribution in [0.4, 0.5) is 14.4 Å². The van der Waals surface area contributed by atoms with Crippen molar-refractivity contribution in [1.82, 2.24) is 5.48 Å². The van der Waals surface area contributed by atoms with E-state index in [1.165, 1.54) is 5.48 Å². The summed E-state index contributed by atoms with van der Waals surface area (Å²) in [6.07, 6.45) is -3.41. The molecule has 0 aromatic rings. The van der Waals surface area contributed by atoms with Crippen molar-refractivity contribution < 1.29 is 34.1 Å². The fourth-order valence-electron chi connectivity index (χ4n) is 0.179. The van der Waals surface area contributed by atoms with E-state index >= 15 is 0 Å². The molecule has 0 unspecified atom stereocenters. The SMILES string of the molecule is NC(=O)NOC(=O)OOC(=O)O. The number of nitrogens with two attached hydrogens (primary N) is 1. The Morgan fingerprint density at radius 2 is 1.83 bits per heavy atom. The van der Waals surface area contributed by atoms with Crippen LogP contribution in [0.1, 0.15) is 0 Å². The third kappa shape index (κ3) is 5.94. The maximum atomic E-state index is 10.1. The van der Waals surface area contributed by atoms with Crippen LogP contribution < -0.4 is 11.2 Å². The lowest BCUT2D eigenvalue weighted by Crippen LogP contribution is -2.32. The predicted molar refractivity (Wildman–Crippen MR) is 29.4 cm³/mol. The van der Waals surface area contributed by atoms with E-state index in [0.29, 0.717) is 0 Å². The van der Waals surface area contributed by atoms with Gasteiger partial charge in [0.05, 0.1) is 0 Å². The average molecular weight is 180 g/mol. The maximum Gasteiger partial charge on any atom is 0.575 e. The quantitative estimate of drug-likeness (QED) is 0.332. The molecule has 0 aromatic carbocycles. The smallest absolute Gasteiger partial charge is 0.447 e. The van der Waals surface area contributed by atoms with Gasteiger partial charge in [-0.05, 0) is 0 Å². The van der Waals surface area contributed by atoms with Crippen molar-refractivity contribution in [3.05, 3.63) is 0 Å². The predicted octanol–water partition coefficient (Wildman–Crippen LogP) is -0.667. The molecule has 0 radical (unpaired) electrons. The fourth-order valence-corrected chi connectivity index (χ4v) is 0.179. The number of carbonyl (C=O) groups excluding carboxylic acids is 2. The third-order valence-electron chi connectivity index (χ3n) is 0.416. The van der Waals surface area contributed by atoms with Gasteiger partial charge in [0.2, 0.25) is 0 Å². The zero-order chi connectivity index (χ0) is 9.56. The number of hydrogen-bond acceptors (Lipinski definition) is 6. The largest absolute Gasteiger partial charge is 0.575 e. The minimum atomic E-state index is -1.84. The Labute approximate surface area is 64.9 Å². The Morgan fingerprint density at radius 3 is 2.25 bits per heavy atom. The molecule has 0 saturated carbocycles. The van der Waals surface area contributed by atoms with Gasteiger partial charge in [-0.3, -0.25) is 0 Å². The van der Waals surface area contributed by atoms with Gasteiger partial charge in [0, 0.05) is 0 Å². The molecule has 0 aliphatic heterocycles. The van der Waals surface area contributed by atoms with E-state index in [2.05, 4.69) is 20.3 Å². The molecule has 0 spiro atoms. The molecule has 2 amide bonds. The lowest BCUT2D eigenvalue weighted by Gasteiger charge is -1.99. The van der Waals surface area contributed by atoms with Crippen molar-refractivity contribution in [2.75, 3.05) is 0 Å². The number of amides is 2. The van der Waals surface area contributed by atoms with Gasteiger partial charge < -0.3 is 15.7 Å². The van der Waals surface area contributed by atoms with E-state index in [1.54, 1.807) is 0 Å². The van der Waals surface area contributed by atoms with Crippen molar-refractivity contribution in [3.63, 3.8) is 0 Å². The second-order valence-corrected chi connectivity index (χ2v) is 1.25. The highest BCUT2D eigenvalue weighted by Crippen LogP contribution is 1.84. The van der Waals surface area contributed by atoms with Crippen LogP contribution in [0.5, 0.6) is 0 Å². The summed E-state index contributed by atoms with van der Waals surface area (Å²) >= 11 is 0. The molecule has 0 aliphatic rings. The van der Waals surface area contributed by atoms with Crippen LogP contribution in [0.3, 0.4) is 0 Å². The maximum absolute atomic E-state index is 10.1. The van der Waals surface area contributed by atoms with E-state index in [-0.39, 0.29) is 0 Å². The summed E-state index contributed by atoms with van der Waals surface area (Å²) in [5, 5.41) is 7.77. The van der Waals surface area contributed by atoms with Crippen LogP contribution in [0.15, 0.2) is 0 Å². The van der Waals surface area contributed by atoms with E-state index in [0.717, 1.165) is 0 Å². The Morgan fingerprint density at radius 1 is 1.25 bits per heavy atom. The number of rotatable bonds is 0. The molecule has 0 heterocycles. The molecule has 0 aliphatic carbocycles. The number of hydrogen-bond donors (Lipinski definition) is 3. The number of urea groups is 1. The zero-order valence-electron chi connectivity index (χ0n) is 5.47. The zero-order valence-corrected chi connectivity index (χ0v) is 5.47. The van der Waals surface area contributed by atoms with E-state index in [4.69, 9.17) is 5.11 Å². The van der Waals surface area contributed by atoms with Gasteiger partial charge in [-0.15, -0.1) is 0 Å². The number of carboxylic acid groups (broad SMARTS) is 1. The number of nitrogens with one attached hydrogen (secondary N) is 1. The van der Waals surface area contributed by atoms with Gasteiger partial charge in [0.1, 0.15) is 0 Å². The second-order valence-electron chi connectivity index (χ2n) is 1.25. The third-order valence-corrected chi connectivity index (χ3v) is 0.416. The van der Waals surface area contributed by atoms with Crippen LogP contribution in [0.2, 0.25) is 0 Å². The van der Waals surface area contributed by atoms with Gasteiger partial charge >= 0.3 is 18.3 Å². The summed E-state index contributed by atoms with van der Waals surface area (Å²) in [4.78, 5) is 40.0. The van der Waals surface area contributed by atoms with Crippen molar-refractivity contribution >= 4 is 18.3 Å². The minimum absolute atomic E-state index is 1.15. The topological polar surface area (TPSA) is 137 Å². The first kappa shape index (κ1) is 9.81. The summed E-state index contributed by atoms with van der Waals surface area (Å²) in [7, 11) is 0. The molecule has 0 atom stereocenters. The highest BCUT2D eigenvalue weighted by atomic mass is 17.3. The van der Waals surface area contributed by atoms with Crippen LogP contribution in [0, 0.1) is 0 Å². The summed E-state index contributed by atoms with van der Waals surface area (Å²) < 4.78 is 0. The highest BCUT2D eigenvalue weighted by molar-refractivity contribution is 5.72. The summed E-state index contributed by atoms with van der Waals surface area (Å²) in [6, 6.07) is -1.15. The lowest BCUT2D eigenvalue weighted by atomic mass is 11.2. The first-order chi connectivity index (χ1) is 5.52. The molecule has 68 valence electrons. The van der Waals surface area contributed by atoms with Crippen LogP contribution >= 0.6 is 0 Å². The van der Waals surface area contributed by atoms with E-state index in [9.17, 15) is 14.4 Å². The van der Waals surface area contributed by atoms with Gasteiger partial charge in [0.25, 0.3) is 0 Å². The minimum Gasteiger partial charge on any atom is -0.447 e. The van der Waals surface area contributed by atoms with Gasteiger partial charge in [-0.25, -0.2) is 9.59 Å². The van der Waals surface area contributed by atoms with Crippen molar-refractivity contribution in [1.29, 1.82) is 0 Å². The van der Waals surface area contributed by atoms with Gasteiger partial charge in [0.15, 0.2) is 0 Å². The molecule has 0 aromatic heterocycles. The van der Waals surface area contributed by atoms with Gasteiger partial charge in [-0.2, -0.15) is 20.0 Å². The Bertz CT molecular complexity index is 181. The fraction of sp³-hybridized carbons (Fsp3) is 0. The number of primary amides is 1.